The van der Waals surface area contributed by atoms with Gasteiger partial charge in [0.25, 0.3) is 0 Å². The number of hydrogen-bond donors (Lipinski definition) is 2. The number of rotatable bonds is 2. The van der Waals surface area contributed by atoms with E-state index < -0.39 is 18.0 Å². The van der Waals surface area contributed by atoms with Gasteiger partial charge in [0.1, 0.15) is 17.7 Å². The van der Waals surface area contributed by atoms with Gasteiger partial charge in [0.05, 0.1) is 18.8 Å². The summed E-state index contributed by atoms with van der Waals surface area (Å²) >= 11 is 0. The number of halogens is 2. The van der Waals surface area contributed by atoms with Gasteiger partial charge in [-0.25, -0.2) is 13.6 Å². The highest BCUT2D eigenvalue weighted by Gasteiger charge is 2.31. The lowest BCUT2D eigenvalue weighted by molar-refractivity contribution is 0.0963. The molecule has 1 heterocycles. The molecule has 1 aliphatic rings. The van der Waals surface area contributed by atoms with E-state index in [1.165, 1.54) is 35.2 Å². The summed E-state index contributed by atoms with van der Waals surface area (Å²) < 4.78 is 29.8. The van der Waals surface area contributed by atoms with Crippen molar-refractivity contribution in [3.05, 3.63) is 60.2 Å². The van der Waals surface area contributed by atoms with Crippen LogP contribution in [0.25, 0.3) is 0 Å². The number of ether oxygens (including phenoxy) is 1. The fourth-order valence-corrected chi connectivity index (χ4v) is 1.98. The van der Waals surface area contributed by atoms with Gasteiger partial charge < -0.3 is 15.6 Å². The van der Waals surface area contributed by atoms with Crippen LogP contribution >= 0.6 is 0 Å². The van der Waals surface area contributed by atoms with Gasteiger partial charge >= 0.3 is 6.09 Å². The summed E-state index contributed by atoms with van der Waals surface area (Å²) in [6.07, 6.45) is -1.08. The number of hydrogen-bond acceptors (Lipinski definition) is 4. The van der Waals surface area contributed by atoms with E-state index in [0.717, 1.165) is 0 Å². The van der Waals surface area contributed by atoms with Crippen molar-refractivity contribution in [2.45, 2.75) is 6.10 Å². The van der Waals surface area contributed by atoms with Crippen molar-refractivity contribution in [2.24, 2.45) is 0 Å². The van der Waals surface area contributed by atoms with Crippen LogP contribution in [0.4, 0.5) is 25.0 Å². The monoisotopic (exact) mass is 322 g/mol. The number of anilines is 2. The number of nitrogen functional groups attached to an aromatic ring is 1. The van der Waals surface area contributed by atoms with Gasteiger partial charge in [-0.05, 0) is 36.4 Å². The fourth-order valence-electron chi connectivity index (χ4n) is 1.98. The van der Waals surface area contributed by atoms with Gasteiger partial charge in [0, 0.05) is 5.69 Å². The molecule has 5 nitrogen and oxygen atoms in total. The molecular weight excluding hydrogens is 306 g/mol. The van der Waals surface area contributed by atoms with E-state index in [9.17, 15) is 13.6 Å². The second-order valence-corrected chi connectivity index (χ2v) is 4.83. The predicted molar refractivity (Wildman–Crippen MR) is 81.9 cm³/mol. The summed E-state index contributed by atoms with van der Waals surface area (Å²) in [5, 5.41) is 8.83. The number of nitrogens with zero attached hydrogens (tertiary/aromatic N) is 1. The summed E-state index contributed by atoms with van der Waals surface area (Å²) in [6.45, 7) is 0.0241. The molecule has 1 saturated heterocycles. The standard InChI is InChI=1S/C10H10FNO3.C6H6FN/c11-7-2-1-3-8(4-7)12-5-9(6-13)15-10(12)14;7-5-2-1-3-6(8)4-5/h1-4,9,13H,5-6H2;1-4H,8H2/t9-;/m1./s1. The van der Waals surface area contributed by atoms with E-state index >= 15 is 0 Å². The molecule has 3 N–H and O–H groups in total. The molecule has 1 atom stereocenters. The molecular formula is C16H16F2N2O3. The normalized spacial score (nSPS) is 16.6. The second kappa shape index (κ2) is 7.55. The molecule has 122 valence electrons. The van der Waals surface area contributed by atoms with Crippen molar-refractivity contribution in [1.82, 2.24) is 0 Å². The molecule has 2 aromatic carbocycles. The maximum absolute atomic E-state index is 12.9. The minimum atomic E-state index is -0.556. The molecule has 0 spiro atoms. The molecule has 0 saturated carbocycles. The molecule has 0 bridgehead atoms. The number of carbonyl (C=O) groups excluding carboxylic acids is 1. The molecule has 7 heteroatoms. The summed E-state index contributed by atoms with van der Waals surface area (Å²) in [7, 11) is 0. The Morgan fingerprint density at radius 3 is 2.30 bits per heavy atom. The summed E-state index contributed by atoms with van der Waals surface area (Å²) in [5.74, 6) is -0.697. The van der Waals surface area contributed by atoms with Crippen LogP contribution in [-0.2, 0) is 4.74 Å². The Labute approximate surface area is 131 Å². The third kappa shape index (κ3) is 4.65. The number of amides is 1. The van der Waals surface area contributed by atoms with Crippen molar-refractivity contribution >= 4 is 17.5 Å². The van der Waals surface area contributed by atoms with Gasteiger partial charge in [-0.1, -0.05) is 12.1 Å². The lowest BCUT2D eigenvalue weighted by atomic mass is 10.2. The molecule has 23 heavy (non-hydrogen) atoms. The number of nitrogens with two attached hydrogens (primary N) is 1. The third-order valence-corrected chi connectivity index (χ3v) is 3.05. The SMILES string of the molecule is Nc1cccc(F)c1.O=C1O[C@@H](CO)CN1c1cccc(F)c1. The zero-order chi connectivity index (χ0) is 16.8. The lowest BCUT2D eigenvalue weighted by Gasteiger charge is -2.12. The van der Waals surface area contributed by atoms with E-state index in [2.05, 4.69) is 0 Å². The Kier molecular flexibility index (Phi) is 5.48. The maximum atomic E-state index is 12.9. The molecule has 2 aromatic rings. The quantitative estimate of drug-likeness (QED) is 0.833. The minimum absolute atomic E-state index is 0.225. The first-order valence-corrected chi connectivity index (χ1v) is 6.85. The molecule has 0 unspecified atom stereocenters. The Morgan fingerprint density at radius 1 is 1.17 bits per heavy atom. The largest absolute Gasteiger partial charge is 0.441 e. The Hall–Kier alpha value is -2.67. The van der Waals surface area contributed by atoms with Crippen molar-refractivity contribution < 1.29 is 23.4 Å². The van der Waals surface area contributed by atoms with E-state index in [4.69, 9.17) is 15.6 Å². The third-order valence-electron chi connectivity index (χ3n) is 3.05. The van der Waals surface area contributed by atoms with Crippen LogP contribution in [0.15, 0.2) is 48.5 Å². The highest BCUT2D eigenvalue weighted by molar-refractivity contribution is 5.89. The van der Waals surface area contributed by atoms with Gasteiger partial charge in [-0.15, -0.1) is 0 Å². The Bertz CT molecular complexity index is 665. The van der Waals surface area contributed by atoms with Gasteiger partial charge in [-0.2, -0.15) is 0 Å². The lowest BCUT2D eigenvalue weighted by Crippen LogP contribution is -2.25. The average Bonchev–Trinajstić information content (AvgIpc) is 2.89. The fraction of sp³-hybridized carbons (Fsp3) is 0.188. The predicted octanol–water partition coefficient (Wildman–Crippen LogP) is 2.55. The van der Waals surface area contributed by atoms with Crippen LogP contribution in [0, 0.1) is 11.6 Å². The van der Waals surface area contributed by atoms with Crippen molar-refractivity contribution in [3.8, 4) is 0 Å². The summed E-state index contributed by atoms with van der Waals surface area (Å²) in [4.78, 5) is 12.6. The number of aliphatic hydroxyl groups is 1. The number of benzene rings is 2. The Morgan fingerprint density at radius 2 is 1.83 bits per heavy atom. The summed E-state index contributed by atoms with van der Waals surface area (Å²) in [6, 6.07) is 11.5. The highest BCUT2D eigenvalue weighted by atomic mass is 19.1. The van der Waals surface area contributed by atoms with Crippen LogP contribution in [-0.4, -0.2) is 30.5 Å². The zero-order valence-corrected chi connectivity index (χ0v) is 12.2. The van der Waals surface area contributed by atoms with Crippen molar-refractivity contribution in [3.63, 3.8) is 0 Å². The molecule has 1 aliphatic heterocycles. The van der Waals surface area contributed by atoms with E-state index in [-0.39, 0.29) is 19.0 Å². The molecule has 0 radical (unpaired) electrons. The maximum Gasteiger partial charge on any atom is 0.414 e. The molecule has 3 rings (SSSR count). The van der Waals surface area contributed by atoms with E-state index in [1.54, 1.807) is 18.2 Å². The first-order valence-electron chi connectivity index (χ1n) is 6.85. The first kappa shape index (κ1) is 16.7. The zero-order valence-electron chi connectivity index (χ0n) is 12.2. The van der Waals surface area contributed by atoms with Crippen LogP contribution in [0.3, 0.4) is 0 Å². The highest BCUT2D eigenvalue weighted by Crippen LogP contribution is 2.21. The Balaban J connectivity index is 0.000000203. The van der Waals surface area contributed by atoms with Crippen molar-refractivity contribution in [1.29, 1.82) is 0 Å². The average molecular weight is 322 g/mol. The van der Waals surface area contributed by atoms with Crippen LogP contribution in [0.1, 0.15) is 0 Å². The molecule has 1 fully saturated rings. The van der Waals surface area contributed by atoms with Crippen LogP contribution in [0.5, 0.6) is 0 Å². The van der Waals surface area contributed by atoms with E-state index in [0.29, 0.717) is 11.4 Å². The molecule has 0 aliphatic carbocycles. The van der Waals surface area contributed by atoms with Gasteiger partial charge in [-0.3, -0.25) is 4.90 Å². The van der Waals surface area contributed by atoms with Crippen LogP contribution in [0.2, 0.25) is 0 Å². The molecule has 1 amide bonds. The molecule has 0 aromatic heterocycles. The number of cyclic esters (lactones) is 1. The number of aliphatic hydroxyl groups excluding tert-OH is 1. The van der Waals surface area contributed by atoms with Crippen molar-refractivity contribution in [2.75, 3.05) is 23.8 Å². The van der Waals surface area contributed by atoms with Gasteiger partial charge in [0.15, 0.2) is 0 Å². The van der Waals surface area contributed by atoms with Gasteiger partial charge in [0.2, 0.25) is 0 Å². The number of carbonyl (C=O) groups is 1. The van der Waals surface area contributed by atoms with E-state index in [1.807, 2.05) is 0 Å². The minimum Gasteiger partial charge on any atom is -0.441 e. The van der Waals surface area contributed by atoms with Crippen LogP contribution < -0.4 is 10.6 Å². The second-order valence-electron chi connectivity index (χ2n) is 4.83. The first-order chi connectivity index (χ1) is 11.0. The topological polar surface area (TPSA) is 75.8 Å². The summed E-state index contributed by atoms with van der Waals surface area (Å²) in [5.41, 5.74) is 6.12. The smallest absolute Gasteiger partial charge is 0.414 e.